The Bertz CT molecular complexity index is 544. The van der Waals surface area contributed by atoms with Crippen molar-refractivity contribution in [2.45, 2.75) is 26.7 Å². The normalized spacial score (nSPS) is 11.1. The topological polar surface area (TPSA) is 43.8 Å². The van der Waals surface area contributed by atoms with Crippen LogP contribution in [0.5, 0.6) is 0 Å². The molecule has 0 radical (unpaired) electrons. The molecule has 0 spiro atoms. The van der Waals surface area contributed by atoms with Gasteiger partial charge in [-0.3, -0.25) is 0 Å². The summed E-state index contributed by atoms with van der Waals surface area (Å²) < 4.78 is 1.77. The Kier molecular flexibility index (Phi) is 3.11. The van der Waals surface area contributed by atoms with Gasteiger partial charge in [0.2, 0.25) is 0 Å². The van der Waals surface area contributed by atoms with Gasteiger partial charge < -0.3 is 5.73 Å². The zero-order chi connectivity index (χ0) is 12.6. The molecule has 0 bridgehead atoms. The Morgan fingerprint density at radius 3 is 2.59 bits per heavy atom. The minimum Gasteiger partial charge on any atom is -0.396 e. The van der Waals surface area contributed by atoms with Crippen LogP contribution in [0.3, 0.4) is 0 Å². The molecule has 0 atom stereocenters. The van der Waals surface area contributed by atoms with Crippen molar-refractivity contribution in [1.29, 1.82) is 0 Å². The summed E-state index contributed by atoms with van der Waals surface area (Å²) in [5.41, 5.74) is 9.55. The van der Waals surface area contributed by atoms with Crippen LogP contribution in [0, 0.1) is 6.92 Å². The van der Waals surface area contributed by atoms with Gasteiger partial charge in [0.1, 0.15) is 0 Å². The average Bonchev–Trinajstić information content (AvgIpc) is 2.64. The maximum absolute atomic E-state index is 6.10. The SMILES string of the molecule is Cc1ccc(-n2cc(N)c(C(C)C)n2)cc1Cl. The molecule has 0 aliphatic heterocycles. The van der Waals surface area contributed by atoms with E-state index in [1.807, 2.05) is 31.3 Å². The van der Waals surface area contributed by atoms with Crippen molar-refractivity contribution in [2.24, 2.45) is 0 Å². The highest BCUT2D eigenvalue weighted by atomic mass is 35.5. The number of aryl methyl sites for hydroxylation is 1. The first-order chi connectivity index (χ1) is 7.99. The number of aromatic nitrogens is 2. The molecule has 90 valence electrons. The molecule has 0 saturated carbocycles. The van der Waals surface area contributed by atoms with Crippen molar-refractivity contribution in [3.8, 4) is 5.69 Å². The number of halogens is 1. The van der Waals surface area contributed by atoms with Gasteiger partial charge in [0.05, 0.1) is 23.3 Å². The van der Waals surface area contributed by atoms with E-state index in [1.165, 1.54) is 0 Å². The van der Waals surface area contributed by atoms with Gasteiger partial charge in [-0.05, 0) is 30.5 Å². The van der Waals surface area contributed by atoms with E-state index >= 15 is 0 Å². The van der Waals surface area contributed by atoms with Crippen LogP contribution in [0.2, 0.25) is 5.02 Å². The van der Waals surface area contributed by atoms with Crippen LogP contribution in [0.4, 0.5) is 5.69 Å². The highest BCUT2D eigenvalue weighted by Gasteiger charge is 2.11. The van der Waals surface area contributed by atoms with Gasteiger partial charge in [0.15, 0.2) is 0 Å². The third-order valence-corrected chi connectivity index (χ3v) is 3.15. The molecule has 2 rings (SSSR count). The molecule has 0 saturated heterocycles. The van der Waals surface area contributed by atoms with Crippen molar-refractivity contribution < 1.29 is 0 Å². The van der Waals surface area contributed by atoms with Gasteiger partial charge in [0, 0.05) is 5.02 Å². The van der Waals surface area contributed by atoms with Gasteiger partial charge in [-0.2, -0.15) is 5.10 Å². The number of anilines is 1. The first-order valence-corrected chi connectivity index (χ1v) is 5.98. The van der Waals surface area contributed by atoms with Gasteiger partial charge in [0.25, 0.3) is 0 Å². The van der Waals surface area contributed by atoms with Crippen LogP contribution in [0.1, 0.15) is 31.0 Å². The van der Waals surface area contributed by atoms with Crippen LogP contribution in [0.15, 0.2) is 24.4 Å². The largest absolute Gasteiger partial charge is 0.396 e. The van der Waals surface area contributed by atoms with E-state index in [1.54, 1.807) is 4.68 Å². The van der Waals surface area contributed by atoms with E-state index in [0.29, 0.717) is 5.92 Å². The number of rotatable bonds is 2. The third kappa shape index (κ3) is 2.29. The molecule has 1 heterocycles. The minimum absolute atomic E-state index is 0.317. The molecule has 2 aromatic rings. The number of nitrogens with zero attached hydrogens (tertiary/aromatic N) is 2. The molecule has 0 aliphatic carbocycles. The summed E-state index contributed by atoms with van der Waals surface area (Å²) >= 11 is 6.10. The molecule has 1 aromatic heterocycles. The molecule has 4 heteroatoms. The van der Waals surface area contributed by atoms with Crippen LogP contribution in [0.25, 0.3) is 5.69 Å². The lowest BCUT2D eigenvalue weighted by atomic mass is 10.1. The predicted octanol–water partition coefficient (Wildman–Crippen LogP) is 3.54. The van der Waals surface area contributed by atoms with E-state index < -0.39 is 0 Å². The molecule has 0 aliphatic rings. The second kappa shape index (κ2) is 4.41. The van der Waals surface area contributed by atoms with E-state index in [-0.39, 0.29) is 0 Å². The zero-order valence-electron chi connectivity index (χ0n) is 10.2. The molecular formula is C13H16ClN3. The number of hydrogen-bond donors (Lipinski definition) is 1. The molecular weight excluding hydrogens is 234 g/mol. The van der Waals surface area contributed by atoms with Crippen molar-refractivity contribution in [3.05, 3.63) is 40.7 Å². The molecule has 3 nitrogen and oxygen atoms in total. The first kappa shape index (κ1) is 12.0. The fraction of sp³-hybridized carbons (Fsp3) is 0.308. The number of hydrogen-bond acceptors (Lipinski definition) is 2. The highest BCUT2D eigenvalue weighted by Crippen LogP contribution is 2.23. The molecule has 1 aromatic carbocycles. The quantitative estimate of drug-likeness (QED) is 0.885. The Morgan fingerprint density at radius 2 is 2.06 bits per heavy atom. The minimum atomic E-state index is 0.317. The van der Waals surface area contributed by atoms with Crippen LogP contribution < -0.4 is 5.73 Å². The maximum atomic E-state index is 6.10. The standard InChI is InChI=1S/C13H16ClN3/c1-8(2)13-12(15)7-17(16-13)10-5-4-9(3)11(14)6-10/h4-8H,15H2,1-3H3. The fourth-order valence-corrected chi connectivity index (χ4v) is 1.88. The summed E-state index contributed by atoms with van der Waals surface area (Å²) in [7, 11) is 0. The summed E-state index contributed by atoms with van der Waals surface area (Å²) in [6.07, 6.45) is 1.83. The Morgan fingerprint density at radius 1 is 1.35 bits per heavy atom. The Hall–Kier alpha value is -1.48. The van der Waals surface area contributed by atoms with E-state index in [4.69, 9.17) is 17.3 Å². The van der Waals surface area contributed by atoms with Crippen LogP contribution >= 0.6 is 11.6 Å². The summed E-state index contributed by atoms with van der Waals surface area (Å²) in [5.74, 6) is 0.317. The van der Waals surface area contributed by atoms with E-state index in [0.717, 1.165) is 27.7 Å². The second-order valence-corrected chi connectivity index (χ2v) is 4.91. The first-order valence-electron chi connectivity index (χ1n) is 5.60. The molecule has 0 unspecified atom stereocenters. The van der Waals surface area contributed by atoms with Crippen molar-refractivity contribution in [1.82, 2.24) is 9.78 Å². The summed E-state index contributed by atoms with van der Waals surface area (Å²) in [6, 6.07) is 5.86. The van der Waals surface area contributed by atoms with Gasteiger partial charge in [-0.1, -0.05) is 31.5 Å². The van der Waals surface area contributed by atoms with E-state index in [9.17, 15) is 0 Å². The van der Waals surface area contributed by atoms with Gasteiger partial charge >= 0.3 is 0 Å². The maximum Gasteiger partial charge on any atom is 0.0883 e. The van der Waals surface area contributed by atoms with Gasteiger partial charge in [-0.25, -0.2) is 4.68 Å². The molecule has 0 amide bonds. The highest BCUT2D eigenvalue weighted by molar-refractivity contribution is 6.31. The molecule has 2 N–H and O–H groups in total. The Labute approximate surface area is 106 Å². The van der Waals surface area contributed by atoms with Crippen LogP contribution in [-0.4, -0.2) is 9.78 Å². The number of benzene rings is 1. The number of nitrogen functional groups attached to an aromatic ring is 1. The summed E-state index contributed by atoms with van der Waals surface area (Å²) in [5, 5.41) is 5.22. The second-order valence-electron chi connectivity index (χ2n) is 4.50. The Balaban J connectivity index is 2.46. The monoisotopic (exact) mass is 249 g/mol. The predicted molar refractivity (Wildman–Crippen MR) is 71.8 cm³/mol. The fourth-order valence-electron chi connectivity index (χ4n) is 1.71. The van der Waals surface area contributed by atoms with Crippen LogP contribution in [-0.2, 0) is 0 Å². The lowest BCUT2D eigenvalue weighted by Gasteiger charge is -2.04. The van der Waals surface area contributed by atoms with Crippen molar-refractivity contribution in [3.63, 3.8) is 0 Å². The smallest absolute Gasteiger partial charge is 0.0883 e. The summed E-state index contributed by atoms with van der Waals surface area (Å²) in [6.45, 7) is 6.12. The van der Waals surface area contributed by atoms with E-state index in [2.05, 4.69) is 18.9 Å². The van der Waals surface area contributed by atoms with Crippen molar-refractivity contribution >= 4 is 17.3 Å². The summed E-state index contributed by atoms with van der Waals surface area (Å²) in [4.78, 5) is 0. The average molecular weight is 250 g/mol. The lowest BCUT2D eigenvalue weighted by Crippen LogP contribution is -1.97. The lowest BCUT2D eigenvalue weighted by molar-refractivity contribution is 0.769. The number of nitrogens with two attached hydrogens (primary N) is 1. The molecule has 0 fully saturated rings. The van der Waals surface area contributed by atoms with Crippen molar-refractivity contribution in [2.75, 3.05) is 5.73 Å². The van der Waals surface area contributed by atoms with Gasteiger partial charge in [-0.15, -0.1) is 0 Å². The zero-order valence-corrected chi connectivity index (χ0v) is 11.0. The molecule has 17 heavy (non-hydrogen) atoms. The third-order valence-electron chi connectivity index (χ3n) is 2.74.